The molecule has 0 aromatic rings. The first kappa shape index (κ1) is 13.9. The molecule has 0 aliphatic carbocycles. The quantitative estimate of drug-likeness (QED) is 0.691. The molecule has 0 spiro atoms. The van der Waals surface area contributed by atoms with Crippen molar-refractivity contribution in [2.45, 2.75) is 53.5 Å². The Kier molecular flexibility index (Phi) is 5.10. The third-order valence-corrected chi connectivity index (χ3v) is 3.35. The smallest absolute Gasteiger partial charge is 0.0137 e. The first-order chi connectivity index (χ1) is 6.21. The highest BCUT2D eigenvalue weighted by molar-refractivity contribution is 4.83. The van der Waals surface area contributed by atoms with Gasteiger partial charge in [-0.2, -0.15) is 0 Å². The fourth-order valence-corrected chi connectivity index (χ4v) is 1.12. The topological polar surface area (TPSA) is 38.0 Å². The molecular formula is C12H28N2. The average Bonchev–Trinajstić information content (AvgIpc) is 2.01. The van der Waals surface area contributed by atoms with Gasteiger partial charge in [-0.1, -0.05) is 27.7 Å². The molecule has 0 atom stereocenters. The van der Waals surface area contributed by atoms with Gasteiger partial charge in [-0.05, 0) is 38.1 Å². The van der Waals surface area contributed by atoms with E-state index in [2.05, 4.69) is 46.9 Å². The van der Waals surface area contributed by atoms with Gasteiger partial charge in [0, 0.05) is 12.1 Å². The molecule has 0 bridgehead atoms. The van der Waals surface area contributed by atoms with Crippen molar-refractivity contribution in [2.24, 2.45) is 17.1 Å². The Morgan fingerprint density at radius 3 is 2.00 bits per heavy atom. The van der Waals surface area contributed by atoms with E-state index in [1.165, 1.54) is 0 Å². The lowest BCUT2D eigenvalue weighted by atomic mass is 9.80. The number of rotatable bonds is 6. The summed E-state index contributed by atoms with van der Waals surface area (Å²) < 4.78 is 0. The summed E-state index contributed by atoms with van der Waals surface area (Å²) in [7, 11) is 0. The molecule has 0 heterocycles. The maximum atomic E-state index is 5.57. The lowest BCUT2D eigenvalue weighted by Crippen LogP contribution is -2.46. The van der Waals surface area contributed by atoms with E-state index < -0.39 is 0 Å². The van der Waals surface area contributed by atoms with Crippen LogP contribution in [-0.2, 0) is 0 Å². The van der Waals surface area contributed by atoms with Crippen LogP contribution in [0.2, 0.25) is 0 Å². The Bertz CT molecular complexity index is 160. The van der Waals surface area contributed by atoms with Crippen molar-refractivity contribution in [1.29, 1.82) is 0 Å². The van der Waals surface area contributed by atoms with Gasteiger partial charge >= 0.3 is 0 Å². The molecule has 86 valence electrons. The van der Waals surface area contributed by atoms with E-state index in [0.717, 1.165) is 19.5 Å². The van der Waals surface area contributed by atoms with E-state index in [9.17, 15) is 0 Å². The molecule has 0 rings (SSSR count). The molecule has 0 aromatic heterocycles. The van der Waals surface area contributed by atoms with Gasteiger partial charge in [0.15, 0.2) is 0 Å². The van der Waals surface area contributed by atoms with Crippen LogP contribution in [0.5, 0.6) is 0 Å². The highest BCUT2D eigenvalue weighted by Gasteiger charge is 2.25. The Hall–Kier alpha value is -0.0800. The Labute approximate surface area is 89.6 Å². The molecule has 0 amide bonds. The highest BCUT2D eigenvalue weighted by Crippen LogP contribution is 2.25. The first-order valence-corrected chi connectivity index (χ1v) is 5.66. The molecule has 3 N–H and O–H groups in total. The van der Waals surface area contributed by atoms with Gasteiger partial charge in [0.25, 0.3) is 0 Å². The minimum Gasteiger partial charge on any atom is -0.330 e. The van der Waals surface area contributed by atoms with Gasteiger partial charge in [0.1, 0.15) is 0 Å². The summed E-state index contributed by atoms with van der Waals surface area (Å²) >= 11 is 0. The monoisotopic (exact) mass is 200 g/mol. The van der Waals surface area contributed by atoms with Crippen molar-refractivity contribution in [3.05, 3.63) is 0 Å². The maximum absolute atomic E-state index is 5.57. The van der Waals surface area contributed by atoms with Crippen molar-refractivity contribution in [3.63, 3.8) is 0 Å². The van der Waals surface area contributed by atoms with Gasteiger partial charge in [-0.25, -0.2) is 0 Å². The molecule has 0 radical (unpaired) electrons. The molecular weight excluding hydrogens is 172 g/mol. The molecule has 0 saturated carbocycles. The molecule has 2 heteroatoms. The first-order valence-electron chi connectivity index (χ1n) is 5.66. The van der Waals surface area contributed by atoms with Crippen LogP contribution in [0, 0.1) is 11.3 Å². The van der Waals surface area contributed by atoms with E-state index in [0.29, 0.717) is 11.3 Å². The molecule has 0 aliphatic rings. The number of hydrogen-bond acceptors (Lipinski definition) is 2. The zero-order valence-corrected chi connectivity index (χ0v) is 10.8. The van der Waals surface area contributed by atoms with Gasteiger partial charge in [-0.3, -0.25) is 0 Å². The summed E-state index contributed by atoms with van der Waals surface area (Å²) in [5.74, 6) is 0.698. The van der Waals surface area contributed by atoms with E-state index in [1.807, 2.05) is 0 Å². The molecule has 0 aromatic carbocycles. The summed E-state index contributed by atoms with van der Waals surface area (Å²) in [6, 6.07) is 0. The van der Waals surface area contributed by atoms with Crippen molar-refractivity contribution >= 4 is 0 Å². The molecule has 0 fully saturated rings. The van der Waals surface area contributed by atoms with Crippen LogP contribution in [0.1, 0.15) is 48.0 Å². The fraction of sp³-hybridized carbons (Fsp3) is 1.00. The third kappa shape index (κ3) is 4.97. The van der Waals surface area contributed by atoms with Crippen LogP contribution < -0.4 is 11.1 Å². The minimum absolute atomic E-state index is 0.168. The standard InChI is InChI=1S/C12H28N2/c1-10(2)11(3,4)9-14-12(5,6)7-8-13/h10,14H,7-9,13H2,1-6H3. The maximum Gasteiger partial charge on any atom is 0.0137 e. The normalized spacial score (nSPS) is 13.7. The highest BCUT2D eigenvalue weighted by atomic mass is 15.0. The minimum atomic E-state index is 0.168. The van der Waals surface area contributed by atoms with E-state index in [4.69, 9.17) is 5.73 Å². The van der Waals surface area contributed by atoms with Crippen LogP contribution >= 0.6 is 0 Å². The largest absolute Gasteiger partial charge is 0.330 e. The van der Waals surface area contributed by atoms with Crippen LogP contribution in [0.4, 0.5) is 0 Å². The van der Waals surface area contributed by atoms with Crippen molar-refractivity contribution in [2.75, 3.05) is 13.1 Å². The second-order valence-corrected chi connectivity index (χ2v) is 5.92. The number of hydrogen-bond donors (Lipinski definition) is 2. The lowest BCUT2D eigenvalue weighted by Gasteiger charge is -2.35. The van der Waals surface area contributed by atoms with Gasteiger partial charge in [0.2, 0.25) is 0 Å². The molecule has 0 saturated heterocycles. The van der Waals surface area contributed by atoms with E-state index in [-0.39, 0.29) is 5.54 Å². The molecule has 14 heavy (non-hydrogen) atoms. The summed E-state index contributed by atoms with van der Waals surface area (Å²) in [5.41, 5.74) is 6.09. The summed E-state index contributed by atoms with van der Waals surface area (Å²) in [5, 5.41) is 3.60. The second kappa shape index (κ2) is 5.13. The van der Waals surface area contributed by atoms with Crippen molar-refractivity contribution < 1.29 is 0 Å². The molecule has 2 nitrogen and oxygen atoms in total. The Balaban J connectivity index is 4.04. The van der Waals surface area contributed by atoms with Crippen LogP contribution in [0.25, 0.3) is 0 Å². The SMILES string of the molecule is CC(C)C(C)(C)CNC(C)(C)CCN. The van der Waals surface area contributed by atoms with Gasteiger partial charge < -0.3 is 11.1 Å². The van der Waals surface area contributed by atoms with Crippen molar-refractivity contribution in [3.8, 4) is 0 Å². The van der Waals surface area contributed by atoms with E-state index in [1.54, 1.807) is 0 Å². The second-order valence-electron chi connectivity index (χ2n) is 5.92. The third-order valence-electron chi connectivity index (χ3n) is 3.35. The zero-order valence-electron chi connectivity index (χ0n) is 10.8. The van der Waals surface area contributed by atoms with Crippen molar-refractivity contribution in [1.82, 2.24) is 5.32 Å². The summed E-state index contributed by atoms with van der Waals surface area (Å²) in [6.45, 7) is 15.4. The lowest BCUT2D eigenvalue weighted by molar-refractivity contribution is 0.206. The molecule has 0 aliphatic heterocycles. The summed E-state index contributed by atoms with van der Waals surface area (Å²) in [6.07, 6.45) is 1.03. The zero-order chi connectivity index (χ0) is 11.4. The average molecular weight is 200 g/mol. The van der Waals surface area contributed by atoms with Crippen LogP contribution in [-0.4, -0.2) is 18.6 Å². The Morgan fingerprint density at radius 2 is 1.64 bits per heavy atom. The number of nitrogens with one attached hydrogen (secondary N) is 1. The van der Waals surface area contributed by atoms with Crippen LogP contribution in [0.3, 0.4) is 0 Å². The van der Waals surface area contributed by atoms with Crippen LogP contribution in [0.15, 0.2) is 0 Å². The van der Waals surface area contributed by atoms with Gasteiger partial charge in [0.05, 0.1) is 0 Å². The van der Waals surface area contributed by atoms with E-state index >= 15 is 0 Å². The van der Waals surface area contributed by atoms with Gasteiger partial charge in [-0.15, -0.1) is 0 Å². The summed E-state index contributed by atoms with van der Waals surface area (Å²) in [4.78, 5) is 0. The predicted molar refractivity (Wildman–Crippen MR) is 64.4 cm³/mol. The number of nitrogens with two attached hydrogens (primary N) is 1. The fourth-order valence-electron chi connectivity index (χ4n) is 1.12. The Morgan fingerprint density at radius 1 is 1.14 bits per heavy atom. The predicted octanol–water partition coefficient (Wildman–Crippen LogP) is 2.39. The molecule has 0 unspecified atom stereocenters.